The summed E-state index contributed by atoms with van der Waals surface area (Å²) in [6, 6.07) is 6.32. The number of nitrogens with zero attached hydrogens (tertiary/aromatic N) is 1. The number of carbonyl (C=O) groups excluding carboxylic acids is 1. The van der Waals surface area contributed by atoms with Crippen molar-refractivity contribution in [2.75, 3.05) is 11.4 Å². The molecule has 1 aromatic rings. The predicted octanol–water partition coefficient (Wildman–Crippen LogP) is 1.61. The van der Waals surface area contributed by atoms with Crippen molar-refractivity contribution in [1.29, 1.82) is 0 Å². The van der Waals surface area contributed by atoms with Gasteiger partial charge < -0.3 is 15.1 Å². The number of phenolic OH excluding ortho intramolecular Hbond substituents is 1. The van der Waals surface area contributed by atoms with Crippen molar-refractivity contribution in [2.24, 2.45) is 0 Å². The second-order valence-corrected chi connectivity index (χ2v) is 3.55. The second kappa shape index (κ2) is 5.89. The minimum atomic E-state index is -0.995. The van der Waals surface area contributed by atoms with Crippen LogP contribution in [0, 0.1) is 0 Å². The van der Waals surface area contributed by atoms with Gasteiger partial charge in [0.25, 0.3) is 0 Å². The largest absolute Gasteiger partial charge is 0.508 e. The lowest BCUT2D eigenvalue weighted by Gasteiger charge is -2.20. The van der Waals surface area contributed by atoms with Crippen LogP contribution in [-0.2, 0) is 9.59 Å². The summed E-state index contributed by atoms with van der Waals surface area (Å²) in [5.74, 6) is -1.18. The number of hydrogen-bond donors (Lipinski definition) is 2. The van der Waals surface area contributed by atoms with Gasteiger partial charge in [0.15, 0.2) is 0 Å². The molecular weight excluding hydrogens is 222 g/mol. The maximum Gasteiger partial charge on any atom is 0.303 e. The molecule has 0 fully saturated rings. The Morgan fingerprint density at radius 2 is 2.00 bits per heavy atom. The van der Waals surface area contributed by atoms with Gasteiger partial charge in [-0.05, 0) is 19.1 Å². The smallest absolute Gasteiger partial charge is 0.303 e. The van der Waals surface area contributed by atoms with E-state index >= 15 is 0 Å². The summed E-state index contributed by atoms with van der Waals surface area (Å²) in [7, 11) is 0. The average Bonchev–Trinajstić information content (AvgIpc) is 2.27. The fourth-order valence-electron chi connectivity index (χ4n) is 1.51. The molecular formula is C12H15NO4. The van der Waals surface area contributed by atoms with Crippen LogP contribution in [0.15, 0.2) is 24.3 Å². The first-order valence-electron chi connectivity index (χ1n) is 5.35. The first kappa shape index (κ1) is 13.0. The number of carboxylic acid groups (broad SMARTS) is 1. The van der Waals surface area contributed by atoms with E-state index in [9.17, 15) is 14.7 Å². The molecule has 2 N–H and O–H groups in total. The van der Waals surface area contributed by atoms with Gasteiger partial charge in [-0.3, -0.25) is 9.59 Å². The van der Waals surface area contributed by atoms with Gasteiger partial charge in [-0.15, -0.1) is 0 Å². The van der Waals surface area contributed by atoms with Crippen LogP contribution in [0.1, 0.15) is 19.8 Å². The molecule has 17 heavy (non-hydrogen) atoms. The monoisotopic (exact) mass is 237 g/mol. The second-order valence-electron chi connectivity index (χ2n) is 3.55. The van der Waals surface area contributed by atoms with E-state index in [1.165, 1.54) is 17.0 Å². The number of amides is 1. The van der Waals surface area contributed by atoms with Crippen LogP contribution in [0.2, 0.25) is 0 Å². The average molecular weight is 237 g/mol. The van der Waals surface area contributed by atoms with Crippen molar-refractivity contribution < 1.29 is 19.8 Å². The highest BCUT2D eigenvalue weighted by molar-refractivity contribution is 5.94. The van der Waals surface area contributed by atoms with Gasteiger partial charge in [0.05, 0.1) is 6.42 Å². The molecule has 0 spiro atoms. The summed E-state index contributed by atoms with van der Waals surface area (Å²) in [6.07, 6.45) is -0.229. The van der Waals surface area contributed by atoms with Crippen molar-refractivity contribution in [3.63, 3.8) is 0 Å². The van der Waals surface area contributed by atoms with E-state index in [2.05, 4.69) is 0 Å². The van der Waals surface area contributed by atoms with Crippen molar-refractivity contribution in [3.05, 3.63) is 24.3 Å². The Labute approximate surface area is 99.3 Å². The molecule has 0 aliphatic rings. The standard InChI is InChI=1S/C12H15NO4/c1-2-13(11(15)6-7-12(16)17)9-4-3-5-10(14)8-9/h3-5,8,14H,2,6-7H2,1H3,(H,16,17). The number of aliphatic carboxylic acids is 1. The molecule has 0 aliphatic heterocycles. The molecule has 0 heterocycles. The third-order valence-corrected chi connectivity index (χ3v) is 2.31. The number of carbonyl (C=O) groups is 2. The van der Waals surface area contributed by atoms with Gasteiger partial charge in [-0.1, -0.05) is 6.07 Å². The first-order chi connectivity index (χ1) is 8.04. The Morgan fingerprint density at radius 3 is 2.53 bits per heavy atom. The Balaban J connectivity index is 2.77. The van der Waals surface area contributed by atoms with Crippen LogP contribution in [0.3, 0.4) is 0 Å². The summed E-state index contributed by atoms with van der Waals surface area (Å²) >= 11 is 0. The van der Waals surface area contributed by atoms with Gasteiger partial charge in [-0.2, -0.15) is 0 Å². The Bertz CT molecular complexity index is 417. The summed E-state index contributed by atoms with van der Waals surface area (Å²) in [4.78, 5) is 23.6. The van der Waals surface area contributed by atoms with Gasteiger partial charge >= 0.3 is 5.97 Å². The van der Waals surface area contributed by atoms with Gasteiger partial charge in [-0.25, -0.2) is 0 Å². The normalized spacial score (nSPS) is 9.94. The molecule has 5 nitrogen and oxygen atoms in total. The van der Waals surface area contributed by atoms with Crippen LogP contribution in [0.4, 0.5) is 5.69 Å². The van der Waals surface area contributed by atoms with Crippen LogP contribution >= 0.6 is 0 Å². The zero-order valence-electron chi connectivity index (χ0n) is 9.59. The zero-order valence-corrected chi connectivity index (χ0v) is 9.59. The molecule has 0 radical (unpaired) electrons. The van der Waals surface area contributed by atoms with Crippen molar-refractivity contribution in [3.8, 4) is 5.75 Å². The number of rotatable bonds is 5. The molecule has 0 bridgehead atoms. The highest BCUT2D eigenvalue weighted by Gasteiger charge is 2.15. The Kier molecular flexibility index (Phi) is 4.51. The van der Waals surface area contributed by atoms with Crippen molar-refractivity contribution in [1.82, 2.24) is 0 Å². The van der Waals surface area contributed by atoms with Crippen LogP contribution in [-0.4, -0.2) is 28.6 Å². The summed E-state index contributed by atoms with van der Waals surface area (Å²) in [5, 5.41) is 17.8. The zero-order chi connectivity index (χ0) is 12.8. The lowest BCUT2D eigenvalue weighted by Crippen LogP contribution is -2.30. The van der Waals surface area contributed by atoms with E-state index in [0.717, 1.165) is 0 Å². The topological polar surface area (TPSA) is 77.8 Å². The molecule has 1 aromatic carbocycles. The van der Waals surface area contributed by atoms with Crippen LogP contribution in [0.25, 0.3) is 0 Å². The van der Waals surface area contributed by atoms with Gasteiger partial charge in [0.1, 0.15) is 5.75 Å². The molecule has 0 atom stereocenters. The van der Waals surface area contributed by atoms with Crippen LogP contribution in [0.5, 0.6) is 5.75 Å². The van der Waals surface area contributed by atoms with Crippen molar-refractivity contribution in [2.45, 2.75) is 19.8 Å². The maximum absolute atomic E-state index is 11.8. The number of aromatic hydroxyl groups is 1. The minimum Gasteiger partial charge on any atom is -0.508 e. The molecule has 0 aromatic heterocycles. The number of phenols is 1. The van der Waals surface area contributed by atoms with E-state index in [4.69, 9.17) is 5.11 Å². The number of carboxylic acids is 1. The summed E-state index contributed by atoms with van der Waals surface area (Å²) < 4.78 is 0. The Morgan fingerprint density at radius 1 is 1.29 bits per heavy atom. The highest BCUT2D eigenvalue weighted by Crippen LogP contribution is 2.20. The van der Waals surface area contributed by atoms with E-state index in [0.29, 0.717) is 12.2 Å². The van der Waals surface area contributed by atoms with E-state index < -0.39 is 5.97 Å². The number of hydrogen-bond acceptors (Lipinski definition) is 3. The summed E-state index contributed by atoms with van der Waals surface area (Å²) in [5.41, 5.74) is 0.572. The highest BCUT2D eigenvalue weighted by atomic mass is 16.4. The lowest BCUT2D eigenvalue weighted by molar-refractivity contribution is -0.138. The molecule has 1 amide bonds. The lowest BCUT2D eigenvalue weighted by atomic mass is 10.2. The molecule has 92 valence electrons. The fraction of sp³-hybridized carbons (Fsp3) is 0.333. The molecule has 5 heteroatoms. The number of benzene rings is 1. The Hall–Kier alpha value is -2.04. The van der Waals surface area contributed by atoms with Gasteiger partial charge in [0, 0.05) is 24.7 Å². The first-order valence-corrected chi connectivity index (χ1v) is 5.35. The molecule has 0 unspecified atom stereocenters. The molecule has 0 aliphatic carbocycles. The molecule has 0 saturated heterocycles. The third-order valence-electron chi connectivity index (χ3n) is 2.31. The van der Waals surface area contributed by atoms with E-state index in [1.54, 1.807) is 19.1 Å². The van der Waals surface area contributed by atoms with E-state index in [1.807, 2.05) is 0 Å². The van der Waals surface area contributed by atoms with Gasteiger partial charge in [0.2, 0.25) is 5.91 Å². The third kappa shape index (κ3) is 3.79. The van der Waals surface area contributed by atoms with E-state index in [-0.39, 0.29) is 24.5 Å². The maximum atomic E-state index is 11.8. The molecule has 0 saturated carbocycles. The summed E-state index contributed by atoms with van der Waals surface area (Å²) in [6.45, 7) is 2.23. The quantitative estimate of drug-likeness (QED) is 0.815. The minimum absolute atomic E-state index is 0.0428. The number of anilines is 1. The SMILES string of the molecule is CCN(C(=O)CCC(=O)O)c1cccc(O)c1. The van der Waals surface area contributed by atoms with Crippen molar-refractivity contribution >= 4 is 17.6 Å². The van der Waals surface area contributed by atoms with Crippen LogP contribution < -0.4 is 4.90 Å². The molecule has 1 rings (SSSR count). The fourth-order valence-corrected chi connectivity index (χ4v) is 1.51. The predicted molar refractivity (Wildman–Crippen MR) is 63.0 cm³/mol.